The summed E-state index contributed by atoms with van der Waals surface area (Å²) in [7, 11) is 0.0151. The van der Waals surface area contributed by atoms with E-state index in [1.54, 1.807) is 10.6 Å². The highest BCUT2D eigenvalue weighted by molar-refractivity contribution is 7.84. The van der Waals surface area contributed by atoms with E-state index in [0.29, 0.717) is 16.3 Å². The summed E-state index contributed by atoms with van der Waals surface area (Å²) in [5.41, 5.74) is 1.24. The molecule has 8 heteroatoms. The van der Waals surface area contributed by atoms with Crippen LogP contribution in [0, 0.1) is 0 Å². The third kappa shape index (κ3) is 2.41. The van der Waals surface area contributed by atoms with E-state index in [1.807, 2.05) is 18.2 Å². The van der Waals surface area contributed by atoms with Crippen LogP contribution in [0.4, 0.5) is 0 Å². The van der Waals surface area contributed by atoms with Crippen LogP contribution in [0.5, 0.6) is 0 Å². The number of hydrogen-bond acceptors (Lipinski definition) is 6. The number of fused-ring (bicyclic) bond motifs is 1. The summed E-state index contributed by atoms with van der Waals surface area (Å²) in [4.78, 5) is 11.9. The monoisotopic (exact) mass is 319 g/mol. The lowest BCUT2D eigenvalue weighted by Crippen LogP contribution is -2.09. The molecule has 2 heterocycles. The molecule has 22 heavy (non-hydrogen) atoms. The number of furan rings is 1. The van der Waals surface area contributed by atoms with Crippen molar-refractivity contribution in [2.75, 3.05) is 13.4 Å². The SMILES string of the molecule is COC(=O)c1oc2ccccc2c1Cn1cnnc1[S@@](C)=O. The van der Waals surface area contributed by atoms with E-state index in [9.17, 15) is 9.00 Å². The van der Waals surface area contributed by atoms with Crippen LogP contribution in [0.3, 0.4) is 0 Å². The quantitative estimate of drug-likeness (QED) is 0.679. The summed E-state index contributed by atoms with van der Waals surface area (Å²) in [6.45, 7) is 0.267. The van der Waals surface area contributed by atoms with Crippen molar-refractivity contribution >= 4 is 27.7 Å². The molecule has 0 saturated carbocycles. The third-order valence-corrected chi connectivity index (χ3v) is 4.07. The minimum absolute atomic E-state index is 0.130. The van der Waals surface area contributed by atoms with Gasteiger partial charge in [0.05, 0.1) is 24.5 Å². The number of rotatable bonds is 4. The molecule has 0 bridgehead atoms. The lowest BCUT2D eigenvalue weighted by molar-refractivity contribution is 0.0565. The zero-order valence-corrected chi connectivity index (χ0v) is 12.8. The average Bonchev–Trinajstić information content (AvgIpc) is 3.12. The Kier molecular flexibility index (Phi) is 3.76. The van der Waals surface area contributed by atoms with E-state index in [-0.39, 0.29) is 12.3 Å². The van der Waals surface area contributed by atoms with Gasteiger partial charge in [0.2, 0.25) is 10.9 Å². The smallest absolute Gasteiger partial charge is 0.374 e. The summed E-state index contributed by atoms with van der Waals surface area (Å²) in [6.07, 6.45) is 2.99. The normalized spacial score (nSPS) is 12.5. The van der Waals surface area contributed by atoms with Crippen molar-refractivity contribution < 1.29 is 18.2 Å². The molecule has 0 aliphatic heterocycles. The highest BCUT2D eigenvalue weighted by atomic mass is 32.2. The first-order valence-corrected chi connectivity index (χ1v) is 7.97. The number of benzene rings is 1. The van der Waals surface area contributed by atoms with Crippen LogP contribution in [0.1, 0.15) is 16.1 Å². The fourth-order valence-corrected chi connectivity index (χ4v) is 2.86. The first-order chi connectivity index (χ1) is 10.6. The maximum atomic E-state index is 11.9. The van der Waals surface area contributed by atoms with Gasteiger partial charge in [-0.15, -0.1) is 10.2 Å². The molecule has 0 N–H and O–H groups in total. The Morgan fingerprint density at radius 2 is 2.18 bits per heavy atom. The van der Waals surface area contributed by atoms with Gasteiger partial charge in [-0.2, -0.15) is 0 Å². The molecular formula is C14H13N3O4S. The van der Waals surface area contributed by atoms with Gasteiger partial charge in [-0.1, -0.05) is 18.2 Å². The summed E-state index contributed by atoms with van der Waals surface area (Å²) >= 11 is 0. The number of aromatic nitrogens is 3. The van der Waals surface area contributed by atoms with Crippen LogP contribution < -0.4 is 0 Å². The van der Waals surface area contributed by atoms with Crippen molar-refractivity contribution in [1.29, 1.82) is 0 Å². The van der Waals surface area contributed by atoms with Crippen molar-refractivity contribution in [1.82, 2.24) is 14.8 Å². The van der Waals surface area contributed by atoms with Crippen molar-refractivity contribution in [3.05, 3.63) is 41.9 Å². The molecular weight excluding hydrogens is 306 g/mol. The Hall–Kier alpha value is -2.48. The number of methoxy groups -OCH3 is 1. The summed E-state index contributed by atoms with van der Waals surface area (Å²) in [5.74, 6) is -0.427. The minimum atomic E-state index is -1.28. The minimum Gasteiger partial charge on any atom is -0.463 e. The van der Waals surface area contributed by atoms with Gasteiger partial charge in [-0.3, -0.25) is 4.21 Å². The van der Waals surface area contributed by atoms with E-state index in [1.165, 1.54) is 19.7 Å². The largest absolute Gasteiger partial charge is 0.463 e. The average molecular weight is 319 g/mol. The van der Waals surface area contributed by atoms with Gasteiger partial charge >= 0.3 is 5.97 Å². The molecule has 3 rings (SSSR count). The van der Waals surface area contributed by atoms with E-state index >= 15 is 0 Å². The Balaban J connectivity index is 2.14. The van der Waals surface area contributed by atoms with Crippen LogP contribution in [0.2, 0.25) is 0 Å². The van der Waals surface area contributed by atoms with E-state index in [2.05, 4.69) is 10.2 Å². The van der Waals surface area contributed by atoms with Crippen molar-refractivity contribution in [3.8, 4) is 0 Å². The van der Waals surface area contributed by atoms with Crippen LogP contribution >= 0.6 is 0 Å². The van der Waals surface area contributed by atoms with Gasteiger partial charge in [0.25, 0.3) is 0 Å². The predicted molar refractivity (Wildman–Crippen MR) is 79.0 cm³/mol. The molecule has 0 unspecified atom stereocenters. The van der Waals surface area contributed by atoms with Gasteiger partial charge < -0.3 is 13.7 Å². The van der Waals surface area contributed by atoms with Crippen molar-refractivity contribution in [3.63, 3.8) is 0 Å². The maximum Gasteiger partial charge on any atom is 0.374 e. The number of esters is 1. The first-order valence-electron chi connectivity index (χ1n) is 6.41. The predicted octanol–water partition coefficient (Wildman–Crippen LogP) is 1.60. The number of ether oxygens (including phenoxy) is 1. The Morgan fingerprint density at radius 3 is 2.91 bits per heavy atom. The molecule has 7 nitrogen and oxygen atoms in total. The van der Waals surface area contributed by atoms with Crippen LogP contribution in [0.15, 0.2) is 40.2 Å². The summed E-state index contributed by atoms with van der Waals surface area (Å²) < 4.78 is 23.7. The molecule has 0 saturated heterocycles. The lowest BCUT2D eigenvalue weighted by Gasteiger charge is -2.05. The fourth-order valence-electron chi connectivity index (χ4n) is 2.26. The molecule has 1 atom stereocenters. The molecule has 0 spiro atoms. The van der Waals surface area contributed by atoms with Crippen molar-refractivity contribution in [2.45, 2.75) is 11.7 Å². The Bertz CT molecular complexity index is 868. The molecule has 0 amide bonds. The number of carbonyl (C=O) groups excluding carboxylic acids is 1. The molecule has 114 valence electrons. The second kappa shape index (κ2) is 5.72. The molecule has 2 aromatic heterocycles. The molecule has 0 aliphatic rings. The number of nitrogens with zero attached hydrogens (tertiary/aromatic N) is 3. The van der Waals surface area contributed by atoms with Gasteiger partial charge in [-0.25, -0.2) is 4.79 Å². The number of hydrogen-bond donors (Lipinski definition) is 0. The van der Waals surface area contributed by atoms with Gasteiger partial charge in [0.1, 0.15) is 11.9 Å². The zero-order valence-electron chi connectivity index (χ0n) is 12.0. The van der Waals surface area contributed by atoms with E-state index in [0.717, 1.165) is 5.39 Å². The van der Waals surface area contributed by atoms with Crippen LogP contribution in [-0.4, -0.2) is 38.3 Å². The first kappa shape index (κ1) is 14.5. The van der Waals surface area contributed by atoms with Crippen LogP contribution in [0.25, 0.3) is 11.0 Å². The summed E-state index contributed by atoms with van der Waals surface area (Å²) in [5, 5.41) is 8.74. The standard InChI is InChI=1S/C14H13N3O4S/c1-20-13(18)12-10(9-5-3-4-6-11(9)21-12)7-17-8-15-16-14(17)22(2)19/h3-6,8H,7H2,1-2H3/t22-/m1/s1. The third-order valence-electron chi connectivity index (χ3n) is 3.23. The molecule has 0 radical (unpaired) electrons. The number of para-hydroxylation sites is 1. The van der Waals surface area contributed by atoms with Gasteiger partial charge in [0, 0.05) is 17.2 Å². The molecule has 0 fully saturated rings. The Labute approximate surface area is 128 Å². The van der Waals surface area contributed by atoms with Gasteiger partial charge in [-0.05, 0) is 6.07 Å². The highest BCUT2D eigenvalue weighted by Gasteiger charge is 2.22. The van der Waals surface area contributed by atoms with E-state index < -0.39 is 16.8 Å². The second-order valence-corrected chi connectivity index (χ2v) is 5.87. The fraction of sp³-hybridized carbons (Fsp3) is 0.214. The Morgan fingerprint density at radius 1 is 1.41 bits per heavy atom. The zero-order chi connectivity index (χ0) is 15.7. The lowest BCUT2D eigenvalue weighted by atomic mass is 10.1. The van der Waals surface area contributed by atoms with Crippen LogP contribution in [-0.2, 0) is 22.1 Å². The topological polar surface area (TPSA) is 87.2 Å². The molecule has 0 aliphatic carbocycles. The number of carbonyl (C=O) groups is 1. The second-order valence-electron chi connectivity index (χ2n) is 4.59. The summed E-state index contributed by atoms with van der Waals surface area (Å²) in [6, 6.07) is 7.30. The molecule has 1 aromatic carbocycles. The van der Waals surface area contributed by atoms with Crippen molar-refractivity contribution in [2.24, 2.45) is 0 Å². The molecule has 3 aromatic rings. The van der Waals surface area contributed by atoms with E-state index in [4.69, 9.17) is 9.15 Å². The highest BCUT2D eigenvalue weighted by Crippen LogP contribution is 2.27. The van der Waals surface area contributed by atoms with Gasteiger partial charge in [0.15, 0.2) is 0 Å². The maximum absolute atomic E-state index is 11.9.